The van der Waals surface area contributed by atoms with Gasteiger partial charge in [0.05, 0.1) is 30.8 Å². The maximum absolute atomic E-state index is 11.6. The molecule has 0 aromatic heterocycles. The van der Waals surface area contributed by atoms with Gasteiger partial charge in [-0.2, -0.15) is 5.26 Å². The Balaban J connectivity index is 1.93. The van der Waals surface area contributed by atoms with Gasteiger partial charge in [-0.05, 0) is 42.0 Å². The van der Waals surface area contributed by atoms with Crippen LogP contribution >= 0.6 is 0 Å². The van der Waals surface area contributed by atoms with Crippen molar-refractivity contribution in [3.63, 3.8) is 0 Å². The Labute approximate surface area is 138 Å². The minimum absolute atomic E-state index is 0.0498. The van der Waals surface area contributed by atoms with E-state index in [0.717, 1.165) is 0 Å². The van der Waals surface area contributed by atoms with Gasteiger partial charge in [0.1, 0.15) is 0 Å². The van der Waals surface area contributed by atoms with Crippen LogP contribution in [0, 0.1) is 11.3 Å². The molecular weight excluding hydrogens is 312 g/mol. The summed E-state index contributed by atoms with van der Waals surface area (Å²) >= 11 is 0. The predicted octanol–water partition coefficient (Wildman–Crippen LogP) is 1.20. The zero-order valence-corrected chi connectivity index (χ0v) is 12.7. The van der Waals surface area contributed by atoms with Crippen molar-refractivity contribution in [1.29, 1.82) is 5.26 Å². The lowest BCUT2D eigenvalue weighted by atomic mass is 10.0. The molecule has 1 N–H and O–H groups in total. The molecule has 0 radical (unpaired) electrons. The molecule has 24 heavy (non-hydrogen) atoms. The number of nitrogens with zero attached hydrogens (tertiary/aromatic N) is 1. The van der Waals surface area contributed by atoms with Gasteiger partial charge < -0.3 is 29.4 Å². The maximum Gasteiger partial charge on any atom is 0.231 e. The number of carbonyl (C=O) groups excluding carboxylic acids is 1. The van der Waals surface area contributed by atoms with Crippen LogP contribution < -0.4 is 24.6 Å². The van der Waals surface area contributed by atoms with Crippen LogP contribution in [-0.4, -0.2) is 19.9 Å². The molecule has 0 spiro atoms. The number of carbonyl (C=O) groups is 1. The Hall–Kier alpha value is -3.40. The van der Waals surface area contributed by atoms with Crippen LogP contribution in [0.15, 0.2) is 36.4 Å². The number of hydrogen-bond acceptors (Lipinski definition) is 7. The van der Waals surface area contributed by atoms with E-state index in [2.05, 4.69) is 5.32 Å². The monoisotopic (exact) mass is 325 g/mol. The number of methoxy groups -OCH3 is 1. The summed E-state index contributed by atoms with van der Waals surface area (Å²) in [6, 6.07) is 10.4. The Bertz CT molecular complexity index is 811. The quantitative estimate of drug-likeness (QED) is 0.880. The normalized spacial score (nSPS) is 13.0. The standard InChI is InChI=1S/C17H14N2O5/c1-22-13-6-11(7-14-16(13)24-9-23-14)15(17(20)21)19-12-4-2-10(8-18)3-5-12/h2-7,15,19H,9H2,1H3,(H,20,21)/p-1. The molecule has 1 aliphatic rings. The van der Waals surface area contributed by atoms with Crippen molar-refractivity contribution in [3.8, 4) is 23.3 Å². The van der Waals surface area contributed by atoms with Gasteiger partial charge in [0.2, 0.25) is 12.5 Å². The largest absolute Gasteiger partial charge is 0.548 e. The summed E-state index contributed by atoms with van der Waals surface area (Å²) in [6.07, 6.45) is 0. The highest BCUT2D eigenvalue weighted by molar-refractivity contribution is 5.78. The summed E-state index contributed by atoms with van der Waals surface area (Å²) in [6.45, 7) is 0.0498. The van der Waals surface area contributed by atoms with Crippen LogP contribution in [0.2, 0.25) is 0 Å². The van der Waals surface area contributed by atoms with Gasteiger partial charge in [-0.25, -0.2) is 0 Å². The highest BCUT2D eigenvalue weighted by Crippen LogP contribution is 2.43. The summed E-state index contributed by atoms with van der Waals surface area (Å²) in [4.78, 5) is 11.6. The highest BCUT2D eigenvalue weighted by Gasteiger charge is 2.23. The first-order valence-corrected chi connectivity index (χ1v) is 7.07. The van der Waals surface area contributed by atoms with Gasteiger partial charge >= 0.3 is 0 Å². The number of benzene rings is 2. The molecule has 1 unspecified atom stereocenters. The number of rotatable bonds is 5. The molecule has 0 fully saturated rings. The van der Waals surface area contributed by atoms with E-state index in [9.17, 15) is 9.90 Å². The molecule has 0 saturated heterocycles. The van der Waals surface area contributed by atoms with Gasteiger partial charge in [0.15, 0.2) is 11.5 Å². The van der Waals surface area contributed by atoms with E-state index in [0.29, 0.717) is 34.1 Å². The van der Waals surface area contributed by atoms with Crippen LogP contribution in [0.5, 0.6) is 17.2 Å². The molecule has 1 atom stereocenters. The van der Waals surface area contributed by atoms with E-state index < -0.39 is 12.0 Å². The topological polar surface area (TPSA) is 104 Å². The zero-order valence-electron chi connectivity index (χ0n) is 12.7. The van der Waals surface area contributed by atoms with Gasteiger partial charge in [-0.1, -0.05) is 0 Å². The Kier molecular flexibility index (Phi) is 4.12. The van der Waals surface area contributed by atoms with Gasteiger partial charge in [0, 0.05) is 5.69 Å². The Morgan fingerprint density at radius 3 is 2.71 bits per heavy atom. The number of aliphatic carboxylic acids is 1. The summed E-state index contributed by atoms with van der Waals surface area (Å²) < 4.78 is 15.8. The predicted molar refractivity (Wildman–Crippen MR) is 81.6 cm³/mol. The van der Waals surface area contributed by atoms with E-state index in [4.69, 9.17) is 19.5 Å². The molecule has 0 amide bonds. The maximum atomic E-state index is 11.6. The van der Waals surface area contributed by atoms with Gasteiger partial charge in [-0.15, -0.1) is 0 Å². The molecular formula is C17H13N2O5-. The molecule has 122 valence electrons. The van der Waals surface area contributed by atoms with Crippen molar-refractivity contribution in [1.82, 2.24) is 0 Å². The highest BCUT2D eigenvalue weighted by atomic mass is 16.7. The third-order valence-electron chi connectivity index (χ3n) is 3.57. The van der Waals surface area contributed by atoms with E-state index in [1.165, 1.54) is 7.11 Å². The second-order valence-corrected chi connectivity index (χ2v) is 5.04. The smallest absolute Gasteiger partial charge is 0.231 e. The van der Waals surface area contributed by atoms with Crippen molar-refractivity contribution >= 4 is 11.7 Å². The molecule has 2 aromatic rings. The van der Waals surface area contributed by atoms with Crippen LogP contribution in [0.3, 0.4) is 0 Å². The van der Waals surface area contributed by atoms with Crippen LogP contribution in [0.4, 0.5) is 5.69 Å². The van der Waals surface area contributed by atoms with E-state index in [-0.39, 0.29) is 6.79 Å². The molecule has 2 aromatic carbocycles. The third kappa shape index (κ3) is 2.90. The average Bonchev–Trinajstić information content (AvgIpc) is 3.07. The SMILES string of the molecule is COc1cc(C(Nc2ccc(C#N)cc2)C(=O)[O-])cc2c1OCO2. The third-order valence-corrected chi connectivity index (χ3v) is 3.57. The number of hydrogen-bond donors (Lipinski definition) is 1. The lowest BCUT2D eigenvalue weighted by molar-refractivity contribution is -0.307. The van der Waals surface area contributed by atoms with Crippen LogP contribution in [0.25, 0.3) is 0 Å². The van der Waals surface area contributed by atoms with E-state index >= 15 is 0 Å². The summed E-state index contributed by atoms with van der Waals surface area (Å²) in [5.74, 6) is -0.0675. The Morgan fingerprint density at radius 1 is 1.33 bits per heavy atom. The fourth-order valence-electron chi connectivity index (χ4n) is 2.40. The van der Waals surface area contributed by atoms with E-state index in [1.54, 1.807) is 36.4 Å². The number of anilines is 1. The summed E-state index contributed by atoms with van der Waals surface area (Å²) in [5, 5.41) is 23.3. The number of nitriles is 1. The molecule has 7 nitrogen and oxygen atoms in total. The first kappa shape index (κ1) is 15.5. The number of fused-ring (bicyclic) bond motifs is 1. The second kappa shape index (κ2) is 6.38. The van der Waals surface area contributed by atoms with Crippen molar-refractivity contribution < 1.29 is 24.1 Å². The van der Waals surface area contributed by atoms with Gasteiger partial charge in [0.25, 0.3) is 0 Å². The summed E-state index contributed by atoms with van der Waals surface area (Å²) in [7, 11) is 1.46. The summed E-state index contributed by atoms with van der Waals surface area (Å²) in [5.41, 5.74) is 1.43. The number of carboxylic acids is 1. The minimum atomic E-state index is -1.31. The second-order valence-electron chi connectivity index (χ2n) is 5.04. The van der Waals surface area contributed by atoms with Crippen molar-refractivity contribution in [3.05, 3.63) is 47.5 Å². The molecule has 1 aliphatic heterocycles. The van der Waals surface area contributed by atoms with Crippen LogP contribution in [0.1, 0.15) is 17.2 Å². The minimum Gasteiger partial charge on any atom is -0.548 e. The lowest BCUT2D eigenvalue weighted by Gasteiger charge is -2.22. The number of nitrogens with one attached hydrogen (secondary N) is 1. The molecule has 0 aliphatic carbocycles. The molecule has 7 heteroatoms. The first-order valence-electron chi connectivity index (χ1n) is 7.07. The molecule has 1 heterocycles. The lowest BCUT2D eigenvalue weighted by Crippen LogP contribution is -2.34. The fraction of sp³-hybridized carbons (Fsp3) is 0.176. The zero-order chi connectivity index (χ0) is 17.1. The Morgan fingerprint density at radius 2 is 2.08 bits per heavy atom. The number of ether oxygens (including phenoxy) is 3. The van der Waals surface area contributed by atoms with Crippen molar-refractivity contribution in [2.24, 2.45) is 0 Å². The van der Waals surface area contributed by atoms with E-state index in [1.807, 2.05) is 6.07 Å². The molecule has 3 rings (SSSR count). The van der Waals surface area contributed by atoms with Crippen molar-refractivity contribution in [2.45, 2.75) is 6.04 Å². The van der Waals surface area contributed by atoms with Crippen LogP contribution in [-0.2, 0) is 4.79 Å². The average molecular weight is 325 g/mol. The fourth-order valence-corrected chi connectivity index (χ4v) is 2.40. The number of carboxylic acid groups (broad SMARTS) is 1. The first-order chi connectivity index (χ1) is 11.6. The van der Waals surface area contributed by atoms with Crippen molar-refractivity contribution in [2.75, 3.05) is 19.2 Å². The molecule has 0 bridgehead atoms. The molecule has 0 saturated carbocycles. The van der Waals surface area contributed by atoms with Gasteiger partial charge in [-0.3, -0.25) is 0 Å².